The lowest BCUT2D eigenvalue weighted by Gasteiger charge is -2.39. The third kappa shape index (κ3) is 1.81. The summed E-state index contributed by atoms with van der Waals surface area (Å²) in [6.45, 7) is 0. The molecular formula is C14H14N6O. The molecule has 7 nitrogen and oxygen atoms in total. The Morgan fingerprint density at radius 3 is 2.57 bits per heavy atom. The molecule has 1 saturated carbocycles. The van der Waals surface area contributed by atoms with Crippen molar-refractivity contribution in [2.24, 2.45) is 0 Å². The largest absolute Gasteiger partial charge is 0.366 e. The second kappa shape index (κ2) is 4.41. The number of aromatic nitrogens is 5. The maximum absolute atomic E-state index is 5.49. The zero-order chi connectivity index (χ0) is 14.3. The molecule has 2 aromatic heterocycles. The van der Waals surface area contributed by atoms with Crippen molar-refractivity contribution in [1.29, 1.82) is 0 Å². The van der Waals surface area contributed by atoms with Crippen molar-refractivity contribution in [2.75, 3.05) is 5.73 Å². The van der Waals surface area contributed by atoms with Crippen LogP contribution in [0.1, 0.15) is 30.7 Å². The number of nitrogens with one attached hydrogen (secondary N) is 1. The topological polar surface area (TPSA) is 107 Å². The first kappa shape index (κ1) is 12.1. The molecule has 4 rings (SSSR count). The number of nitrogens with zero attached hydrogens (tertiary/aromatic N) is 4. The van der Waals surface area contributed by atoms with Gasteiger partial charge in [-0.3, -0.25) is 5.10 Å². The number of benzene rings is 1. The number of rotatable bonds is 3. The van der Waals surface area contributed by atoms with Gasteiger partial charge in [-0.25, -0.2) is 0 Å². The molecular weight excluding hydrogens is 268 g/mol. The molecule has 2 heterocycles. The molecule has 3 N–H and O–H groups in total. The molecule has 0 unspecified atom stereocenters. The minimum atomic E-state index is -0.144. The van der Waals surface area contributed by atoms with Crippen LogP contribution in [-0.4, -0.2) is 25.3 Å². The third-order valence-electron chi connectivity index (χ3n) is 4.09. The van der Waals surface area contributed by atoms with Crippen LogP contribution in [-0.2, 0) is 5.41 Å². The number of nitrogen functional groups attached to an aromatic ring is 1. The van der Waals surface area contributed by atoms with Gasteiger partial charge in [0.2, 0.25) is 11.8 Å². The van der Waals surface area contributed by atoms with Gasteiger partial charge in [0, 0.05) is 0 Å². The maximum Gasteiger partial charge on any atom is 0.295 e. The number of nitrogens with two attached hydrogens (primary N) is 1. The van der Waals surface area contributed by atoms with E-state index >= 15 is 0 Å². The number of anilines is 1. The molecule has 1 fully saturated rings. The summed E-state index contributed by atoms with van der Waals surface area (Å²) in [5, 5.41) is 10.6. The van der Waals surface area contributed by atoms with Gasteiger partial charge in [0.1, 0.15) is 0 Å². The first-order chi connectivity index (χ1) is 10.3. The number of H-pyrrole nitrogens is 1. The van der Waals surface area contributed by atoms with Crippen molar-refractivity contribution in [3.8, 4) is 11.7 Å². The lowest BCUT2D eigenvalue weighted by atomic mass is 9.64. The van der Waals surface area contributed by atoms with Crippen LogP contribution >= 0.6 is 0 Å². The van der Waals surface area contributed by atoms with E-state index in [9.17, 15) is 0 Å². The summed E-state index contributed by atoms with van der Waals surface area (Å²) in [6.07, 6.45) is 3.21. The Kier molecular flexibility index (Phi) is 2.53. The highest BCUT2D eigenvalue weighted by Gasteiger charge is 2.44. The molecule has 1 aliphatic rings. The SMILES string of the molecule is Nc1n[nH]c(-c2nc(C3(c4ccccc4)CCC3)no2)n1. The highest BCUT2D eigenvalue weighted by atomic mass is 16.5. The van der Waals surface area contributed by atoms with Gasteiger partial charge < -0.3 is 10.3 Å². The predicted molar refractivity (Wildman–Crippen MR) is 75.2 cm³/mol. The van der Waals surface area contributed by atoms with E-state index < -0.39 is 0 Å². The van der Waals surface area contributed by atoms with Gasteiger partial charge >= 0.3 is 0 Å². The van der Waals surface area contributed by atoms with Crippen LogP contribution in [0.15, 0.2) is 34.9 Å². The van der Waals surface area contributed by atoms with Crippen molar-refractivity contribution in [1.82, 2.24) is 25.3 Å². The van der Waals surface area contributed by atoms with E-state index in [0.717, 1.165) is 19.3 Å². The lowest BCUT2D eigenvalue weighted by Crippen LogP contribution is -2.36. The molecule has 3 aromatic rings. The van der Waals surface area contributed by atoms with Gasteiger partial charge in [0.15, 0.2) is 5.82 Å². The predicted octanol–water partition coefficient (Wildman–Crippen LogP) is 1.91. The number of hydrogen-bond acceptors (Lipinski definition) is 6. The standard InChI is InChI=1S/C14H14N6O/c15-13-16-10(18-19-13)11-17-12(20-21-11)14(7-4-8-14)9-5-2-1-3-6-9/h1-3,5-6H,4,7-8H2,(H3,15,16,18,19). The fourth-order valence-electron chi connectivity index (χ4n) is 2.81. The zero-order valence-corrected chi connectivity index (χ0v) is 11.3. The average Bonchev–Trinajstić information content (AvgIpc) is 3.08. The third-order valence-corrected chi connectivity index (χ3v) is 4.09. The highest BCUT2D eigenvalue weighted by molar-refractivity contribution is 5.44. The van der Waals surface area contributed by atoms with Crippen molar-refractivity contribution < 1.29 is 4.52 Å². The van der Waals surface area contributed by atoms with E-state index in [1.54, 1.807) is 0 Å². The summed E-state index contributed by atoms with van der Waals surface area (Å²) in [4.78, 5) is 8.51. The summed E-state index contributed by atoms with van der Waals surface area (Å²) >= 11 is 0. The molecule has 7 heteroatoms. The Balaban J connectivity index is 1.74. The first-order valence-corrected chi connectivity index (χ1v) is 6.86. The van der Waals surface area contributed by atoms with Crippen LogP contribution in [0.3, 0.4) is 0 Å². The molecule has 0 saturated heterocycles. The van der Waals surface area contributed by atoms with Crippen LogP contribution in [0, 0.1) is 0 Å². The van der Waals surface area contributed by atoms with Gasteiger partial charge in [-0.05, 0) is 18.4 Å². The highest BCUT2D eigenvalue weighted by Crippen LogP contribution is 2.47. The molecule has 0 atom stereocenters. The van der Waals surface area contributed by atoms with Crippen LogP contribution < -0.4 is 5.73 Å². The van der Waals surface area contributed by atoms with Gasteiger partial charge in [-0.15, -0.1) is 5.10 Å². The second-order valence-electron chi connectivity index (χ2n) is 5.27. The fraction of sp³-hybridized carbons (Fsp3) is 0.286. The first-order valence-electron chi connectivity index (χ1n) is 6.86. The van der Waals surface area contributed by atoms with E-state index in [4.69, 9.17) is 10.3 Å². The Hall–Kier alpha value is -2.70. The van der Waals surface area contributed by atoms with Gasteiger partial charge in [-0.2, -0.15) is 9.97 Å². The molecule has 0 amide bonds. The fourth-order valence-corrected chi connectivity index (χ4v) is 2.81. The van der Waals surface area contributed by atoms with Crippen LogP contribution in [0.2, 0.25) is 0 Å². The van der Waals surface area contributed by atoms with Gasteiger partial charge in [0.25, 0.3) is 5.89 Å². The Morgan fingerprint density at radius 1 is 1.14 bits per heavy atom. The number of hydrogen-bond donors (Lipinski definition) is 2. The Morgan fingerprint density at radius 2 is 1.95 bits per heavy atom. The van der Waals surface area contributed by atoms with E-state index in [1.807, 2.05) is 18.2 Å². The van der Waals surface area contributed by atoms with E-state index in [1.165, 1.54) is 5.56 Å². The molecule has 0 bridgehead atoms. The summed E-state index contributed by atoms with van der Waals surface area (Å²) in [6, 6.07) is 10.3. The second-order valence-corrected chi connectivity index (χ2v) is 5.27. The minimum absolute atomic E-state index is 0.144. The van der Waals surface area contributed by atoms with Crippen molar-refractivity contribution in [3.05, 3.63) is 41.7 Å². The van der Waals surface area contributed by atoms with E-state index in [2.05, 4.69) is 37.5 Å². The quantitative estimate of drug-likeness (QED) is 0.760. The monoisotopic (exact) mass is 282 g/mol. The summed E-state index contributed by atoms with van der Waals surface area (Å²) in [7, 11) is 0. The minimum Gasteiger partial charge on any atom is -0.366 e. The number of aromatic amines is 1. The Bertz CT molecular complexity index is 759. The molecule has 1 aliphatic carbocycles. The van der Waals surface area contributed by atoms with Crippen LogP contribution in [0.5, 0.6) is 0 Å². The zero-order valence-electron chi connectivity index (χ0n) is 11.3. The van der Waals surface area contributed by atoms with E-state index in [0.29, 0.717) is 17.5 Å². The van der Waals surface area contributed by atoms with Crippen molar-refractivity contribution in [3.63, 3.8) is 0 Å². The van der Waals surface area contributed by atoms with Crippen LogP contribution in [0.25, 0.3) is 11.7 Å². The van der Waals surface area contributed by atoms with Crippen molar-refractivity contribution >= 4 is 5.95 Å². The Labute approximate surface area is 120 Å². The van der Waals surface area contributed by atoms with E-state index in [-0.39, 0.29) is 11.4 Å². The van der Waals surface area contributed by atoms with Gasteiger partial charge in [0.05, 0.1) is 5.41 Å². The summed E-state index contributed by atoms with van der Waals surface area (Å²) in [5.41, 5.74) is 6.57. The normalized spacial score (nSPS) is 16.6. The molecule has 0 radical (unpaired) electrons. The van der Waals surface area contributed by atoms with Crippen molar-refractivity contribution in [2.45, 2.75) is 24.7 Å². The average molecular weight is 282 g/mol. The summed E-state index contributed by atoms with van der Waals surface area (Å²) < 4.78 is 5.32. The molecule has 106 valence electrons. The lowest BCUT2D eigenvalue weighted by molar-refractivity contribution is 0.273. The maximum atomic E-state index is 5.49. The smallest absolute Gasteiger partial charge is 0.295 e. The molecule has 0 spiro atoms. The summed E-state index contributed by atoms with van der Waals surface area (Å²) in [5.74, 6) is 1.57. The van der Waals surface area contributed by atoms with Crippen LogP contribution in [0.4, 0.5) is 5.95 Å². The molecule has 21 heavy (non-hydrogen) atoms. The molecule has 1 aromatic carbocycles. The molecule has 0 aliphatic heterocycles. The van der Waals surface area contributed by atoms with Gasteiger partial charge in [-0.1, -0.05) is 41.9 Å².